The number of hydrogen-bond donors (Lipinski definition) is 4. The number of carbonyl (C=O) groups is 2. The number of rotatable bonds is 5. The van der Waals surface area contributed by atoms with Gasteiger partial charge in [0.15, 0.2) is 0 Å². The number of ether oxygens (including phenoxy) is 1. The number of aryl methyl sites for hydroxylation is 1. The van der Waals surface area contributed by atoms with Crippen molar-refractivity contribution in [2.75, 3.05) is 11.4 Å². The van der Waals surface area contributed by atoms with E-state index in [4.69, 9.17) is 4.74 Å². The van der Waals surface area contributed by atoms with Crippen LogP contribution in [0.5, 0.6) is 11.5 Å². The predicted octanol–water partition coefficient (Wildman–Crippen LogP) is 3.61. The number of aliphatic hydroxyl groups excluding tert-OH is 1. The van der Waals surface area contributed by atoms with E-state index in [-0.39, 0.29) is 35.3 Å². The molecule has 0 aromatic heterocycles. The Kier molecular flexibility index (Phi) is 6.15. The molecule has 5 atom stereocenters. The fourth-order valence-electron chi connectivity index (χ4n) is 5.83. The number of para-hydroxylation sites is 1. The van der Waals surface area contributed by atoms with Crippen LogP contribution in [0.25, 0.3) is 0 Å². The van der Waals surface area contributed by atoms with Gasteiger partial charge in [-0.25, -0.2) is 4.79 Å². The summed E-state index contributed by atoms with van der Waals surface area (Å²) in [6.45, 7) is 2.75. The number of piperidine rings is 1. The van der Waals surface area contributed by atoms with E-state index in [1.807, 2.05) is 60.4 Å². The lowest BCUT2D eigenvalue weighted by Gasteiger charge is -2.46. The zero-order valence-corrected chi connectivity index (χ0v) is 20.9. The first-order chi connectivity index (χ1) is 17.5. The molecule has 2 aromatic rings. The number of thioether (sulfide) groups is 1. The molecule has 36 heavy (non-hydrogen) atoms. The molecule has 0 spiro atoms. The number of benzene rings is 2. The Morgan fingerprint density at radius 2 is 1.97 bits per heavy atom. The largest absolute Gasteiger partial charge is 0.457 e. The second-order valence-electron chi connectivity index (χ2n) is 9.86. The maximum atomic E-state index is 13.5. The summed E-state index contributed by atoms with van der Waals surface area (Å²) >= 11 is 1.48. The Labute approximate surface area is 214 Å². The van der Waals surface area contributed by atoms with E-state index < -0.39 is 6.10 Å². The molecule has 8 nitrogen and oxygen atoms in total. The van der Waals surface area contributed by atoms with Crippen LogP contribution in [0, 0.1) is 12.8 Å². The number of carbonyl (C=O) groups excluding carboxylic acids is 2. The van der Waals surface area contributed by atoms with Crippen LogP contribution in [0.3, 0.4) is 0 Å². The van der Waals surface area contributed by atoms with Gasteiger partial charge in [-0.3, -0.25) is 9.69 Å². The van der Waals surface area contributed by atoms with Crippen LogP contribution >= 0.6 is 11.8 Å². The first-order valence-corrected chi connectivity index (χ1v) is 13.4. The number of urea groups is 1. The summed E-state index contributed by atoms with van der Waals surface area (Å²) in [7, 11) is 0. The molecule has 3 heterocycles. The molecule has 0 radical (unpaired) electrons. The summed E-state index contributed by atoms with van der Waals surface area (Å²) in [5.74, 6) is 1.25. The van der Waals surface area contributed by atoms with Gasteiger partial charge in [0.1, 0.15) is 11.5 Å². The average Bonchev–Trinajstić information content (AvgIpc) is 3.45. The highest BCUT2D eigenvalue weighted by molar-refractivity contribution is 8.04. The molecule has 1 saturated carbocycles. The Balaban J connectivity index is 1.26. The fourth-order valence-corrected chi connectivity index (χ4v) is 7.23. The van der Waals surface area contributed by atoms with Gasteiger partial charge in [-0.05, 0) is 75.0 Å². The van der Waals surface area contributed by atoms with Crippen molar-refractivity contribution in [3.05, 3.63) is 64.7 Å². The highest BCUT2D eigenvalue weighted by Gasteiger charge is 2.52. The third-order valence-corrected chi connectivity index (χ3v) is 8.90. The first-order valence-electron chi connectivity index (χ1n) is 12.6. The number of nitrogens with zero attached hydrogens (tertiary/aromatic N) is 1. The van der Waals surface area contributed by atoms with Gasteiger partial charge in [0.25, 0.3) is 5.91 Å². The van der Waals surface area contributed by atoms with Gasteiger partial charge in [-0.15, -0.1) is 0 Å². The molecule has 3 unspecified atom stereocenters. The molecule has 3 amide bonds. The molecular weight excluding hydrogens is 476 g/mol. The van der Waals surface area contributed by atoms with Gasteiger partial charge in [0.05, 0.1) is 28.5 Å². The van der Waals surface area contributed by atoms with Gasteiger partial charge < -0.3 is 25.8 Å². The summed E-state index contributed by atoms with van der Waals surface area (Å²) in [5, 5.41) is 19.8. The van der Waals surface area contributed by atoms with Gasteiger partial charge in [0, 0.05) is 17.3 Å². The number of hydrogen-bond acceptors (Lipinski definition) is 6. The number of amides is 3. The Morgan fingerprint density at radius 1 is 1.14 bits per heavy atom. The van der Waals surface area contributed by atoms with Crippen LogP contribution in [0.1, 0.15) is 31.2 Å². The quantitative estimate of drug-likeness (QED) is 0.494. The van der Waals surface area contributed by atoms with Crippen LogP contribution in [0.15, 0.2) is 59.1 Å². The number of nitrogens with one attached hydrogen (secondary N) is 3. The molecule has 6 rings (SSSR count). The van der Waals surface area contributed by atoms with E-state index in [9.17, 15) is 14.7 Å². The second-order valence-corrected chi connectivity index (χ2v) is 11.0. The topological polar surface area (TPSA) is 103 Å². The third-order valence-electron chi connectivity index (χ3n) is 7.55. The minimum atomic E-state index is -0.507. The molecule has 9 heteroatoms. The number of anilines is 1. The third kappa shape index (κ3) is 4.15. The fraction of sp³-hybridized carbons (Fsp3) is 0.407. The van der Waals surface area contributed by atoms with Gasteiger partial charge in [-0.2, -0.15) is 0 Å². The molecule has 4 N–H and O–H groups in total. The summed E-state index contributed by atoms with van der Waals surface area (Å²) in [6.07, 6.45) is 2.67. The first kappa shape index (κ1) is 23.4. The van der Waals surface area contributed by atoms with Crippen molar-refractivity contribution in [1.82, 2.24) is 16.0 Å². The lowest BCUT2D eigenvalue weighted by Crippen LogP contribution is -2.62. The molecule has 2 aromatic carbocycles. The minimum Gasteiger partial charge on any atom is -0.457 e. The van der Waals surface area contributed by atoms with Crippen LogP contribution < -0.4 is 25.6 Å². The van der Waals surface area contributed by atoms with Crippen molar-refractivity contribution in [2.24, 2.45) is 5.92 Å². The van der Waals surface area contributed by atoms with Crippen molar-refractivity contribution in [1.29, 1.82) is 0 Å². The van der Waals surface area contributed by atoms with Crippen molar-refractivity contribution < 1.29 is 19.4 Å². The van der Waals surface area contributed by atoms with Gasteiger partial charge >= 0.3 is 6.03 Å². The average molecular weight is 507 g/mol. The zero-order valence-electron chi connectivity index (χ0n) is 20.1. The standard InChI is InChI=1S/C27H30N4O4S/c1-15-14-17(35-16-6-3-2-4-7-16)10-11-19(15)31-20-12-13-28-26-22(20)23(30-27(31)34)24(36-26)25(33)29-18-8-5-9-21(18)32/h2-4,6-7,10-11,14,18,20-22,26,28,32H,5,8-9,12-13H2,1H3,(H,29,33)(H,30,34)/t18-,20?,21+,22?,26?/m0/s1. The molecule has 0 bridgehead atoms. The predicted molar refractivity (Wildman–Crippen MR) is 139 cm³/mol. The van der Waals surface area contributed by atoms with E-state index in [0.717, 1.165) is 42.8 Å². The Morgan fingerprint density at radius 3 is 2.72 bits per heavy atom. The molecule has 3 fully saturated rings. The van der Waals surface area contributed by atoms with Gasteiger partial charge in [0.2, 0.25) is 0 Å². The lowest BCUT2D eigenvalue weighted by atomic mass is 9.86. The van der Waals surface area contributed by atoms with E-state index in [2.05, 4.69) is 16.0 Å². The summed E-state index contributed by atoms with van der Waals surface area (Å²) in [6, 6.07) is 14.9. The van der Waals surface area contributed by atoms with E-state index in [1.165, 1.54) is 11.8 Å². The van der Waals surface area contributed by atoms with Crippen molar-refractivity contribution in [3.63, 3.8) is 0 Å². The second kappa shape index (κ2) is 9.46. The van der Waals surface area contributed by atoms with Crippen molar-refractivity contribution in [3.8, 4) is 11.5 Å². The lowest BCUT2D eigenvalue weighted by molar-refractivity contribution is -0.118. The van der Waals surface area contributed by atoms with E-state index in [1.54, 1.807) is 0 Å². The monoisotopic (exact) mass is 506 g/mol. The maximum absolute atomic E-state index is 13.5. The van der Waals surface area contributed by atoms with Crippen LogP contribution in [0.4, 0.5) is 10.5 Å². The minimum absolute atomic E-state index is 0.0112. The van der Waals surface area contributed by atoms with Crippen LogP contribution in [-0.2, 0) is 4.79 Å². The zero-order chi connectivity index (χ0) is 24.8. The van der Waals surface area contributed by atoms with Crippen LogP contribution in [0.2, 0.25) is 0 Å². The smallest absolute Gasteiger partial charge is 0.326 e. The Bertz CT molecular complexity index is 1220. The summed E-state index contributed by atoms with van der Waals surface area (Å²) in [4.78, 5) is 29.1. The molecule has 4 aliphatic rings. The van der Waals surface area contributed by atoms with Crippen molar-refractivity contribution in [2.45, 2.75) is 56.2 Å². The number of aliphatic hydroxyl groups is 1. The highest BCUT2D eigenvalue weighted by atomic mass is 32.2. The summed E-state index contributed by atoms with van der Waals surface area (Å²) < 4.78 is 5.98. The van der Waals surface area contributed by atoms with E-state index >= 15 is 0 Å². The van der Waals surface area contributed by atoms with Gasteiger partial charge in [-0.1, -0.05) is 30.0 Å². The van der Waals surface area contributed by atoms with E-state index in [0.29, 0.717) is 22.8 Å². The molecule has 3 aliphatic heterocycles. The molecule has 2 saturated heterocycles. The normalized spacial score (nSPS) is 29.1. The van der Waals surface area contributed by atoms with Crippen LogP contribution in [-0.4, -0.2) is 47.2 Å². The van der Waals surface area contributed by atoms with Crippen molar-refractivity contribution >= 4 is 29.4 Å². The highest BCUT2D eigenvalue weighted by Crippen LogP contribution is 2.48. The summed E-state index contributed by atoms with van der Waals surface area (Å²) in [5.41, 5.74) is 2.49. The SMILES string of the molecule is Cc1cc(Oc2ccccc2)ccc1N1C(=O)NC2=C(C(=O)N[C@H]3CCC[C@H]3O)SC3NCCC1C23. The molecular formula is C27H30N4O4S. The maximum Gasteiger partial charge on any atom is 0.326 e. The molecule has 1 aliphatic carbocycles. The Hall–Kier alpha value is -3.01. The molecule has 188 valence electrons.